The molecule has 1 aromatic carbocycles. The van der Waals surface area contributed by atoms with Gasteiger partial charge in [-0.15, -0.1) is 0 Å². The van der Waals surface area contributed by atoms with Crippen molar-refractivity contribution in [3.05, 3.63) is 30.1 Å². The lowest BCUT2D eigenvalue weighted by molar-refractivity contribution is 0.628. The zero-order chi connectivity index (χ0) is 9.19. The number of benzene rings is 1. The molecule has 0 heterocycles. The molecule has 1 aromatic rings. The number of anilines is 1. The summed E-state index contributed by atoms with van der Waals surface area (Å²) in [6.07, 6.45) is 0. The Labute approximate surface area is 80.5 Å². The normalized spacial score (nSPS) is 11.3. The molecule has 0 saturated heterocycles. The molecule has 0 fully saturated rings. The Morgan fingerprint density at radius 2 is 1.75 bits per heavy atom. The van der Waals surface area contributed by atoms with E-state index in [9.17, 15) is 4.39 Å². The maximum atomic E-state index is 12.4. The van der Waals surface area contributed by atoms with E-state index in [1.165, 1.54) is 12.1 Å². The molecule has 1 rings (SSSR count). The van der Waals surface area contributed by atoms with E-state index in [2.05, 4.69) is 5.32 Å². The average Bonchev–Trinajstić information content (AvgIpc) is 1.91. The molecule has 1 N–H and O–H groups in total. The Morgan fingerprint density at radius 3 is 2.17 bits per heavy atom. The summed E-state index contributed by atoms with van der Waals surface area (Å²) in [4.78, 5) is 0. The van der Waals surface area contributed by atoms with Crippen LogP contribution in [0.4, 0.5) is 10.1 Å². The zero-order valence-corrected chi connectivity index (χ0v) is 7.96. The molecule has 1 nitrogen and oxygen atoms in total. The van der Waals surface area contributed by atoms with Crippen LogP contribution < -0.4 is 5.32 Å². The summed E-state index contributed by atoms with van der Waals surface area (Å²) in [6.45, 7) is 1.60. The largest absolute Gasteiger partial charge is 0.355 e. The molecular weight excluding hydrogens is 200 g/mol. The topological polar surface area (TPSA) is 12.0 Å². The van der Waals surface area contributed by atoms with Crippen molar-refractivity contribution >= 4 is 28.9 Å². The van der Waals surface area contributed by atoms with Crippen LogP contribution in [-0.4, -0.2) is 4.46 Å². The van der Waals surface area contributed by atoms with Crippen LogP contribution in [0.15, 0.2) is 24.3 Å². The van der Waals surface area contributed by atoms with E-state index in [4.69, 9.17) is 23.2 Å². The van der Waals surface area contributed by atoms with Crippen LogP contribution in [0.2, 0.25) is 0 Å². The SMILES string of the molecule is CC(Cl)(Cl)Nc1ccc(F)cc1. The minimum Gasteiger partial charge on any atom is -0.355 e. The highest BCUT2D eigenvalue weighted by atomic mass is 35.5. The molecule has 0 radical (unpaired) electrons. The lowest BCUT2D eigenvalue weighted by Crippen LogP contribution is -2.19. The molecule has 0 spiro atoms. The second-order valence-corrected chi connectivity index (χ2v) is 4.23. The van der Waals surface area contributed by atoms with Crippen molar-refractivity contribution in [3.8, 4) is 0 Å². The third kappa shape index (κ3) is 3.28. The number of alkyl halides is 2. The standard InChI is InChI=1S/C8H8Cl2FN/c1-8(9,10)12-7-4-2-6(11)3-5-7/h2-5,12H,1H3. The highest BCUT2D eigenvalue weighted by Crippen LogP contribution is 2.22. The first-order valence-corrected chi connectivity index (χ1v) is 4.14. The van der Waals surface area contributed by atoms with Crippen molar-refractivity contribution in [3.63, 3.8) is 0 Å². The molecule has 12 heavy (non-hydrogen) atoms. The van der Waals surface area contributed by atoms with E-state index in [-0.39, 0.29) is 5.82 Å². The summed E-state index contributed by atoms with van der Waals surface area (Å²) in [5.41, 5.74) is 0.684. The molecule has 0 unspecified atom stereocenters. The molecule has 0 aliphatic carbocycles. The van der Waals surface area contributed by atoms with E-state index in [0.717, 1.165) is 0 Å². The van der Waals surface area contributed by atoms with Crippen LogP contribution in [-0.2, 0) is 0 Å². The Balaban J connectivity index is 2.71. The predicted molar refractivity (Wildman–Crippen MR) is 50.1 cm³/mol. The van der Waals surface area contributed by atoms with E-state index >= 15 is 0 Å². The van der Waals surface area contributed by atoms with Crippen LogP contribution in [0, 0.1) is 5.82 Å². The summed E-state index contributed by atoms with van der Waals surface area (Å²) in [5, 5.41) is 2.77. The predicted octanol–water partition coefficient (Wildman–Crippen LogP) is 3.39. The molecule has 4 heteroatoms. The molecule has 0 saturated carbocycles. The minimum absolute atomic E-state index is 0.286. The fraction of sp³-hybridized carbons (Fsp3) is 0.250. The average molecular weight is 208 g/mol. The smallest absolute Gasteiger partial charge is 0.185 e. The van der Waals surface area contributed by atoms with Crippen molar-refractivity contribution in [2.75, 3.05) is 5.32 Å². The van der Waals surface area contributed by atoms with Crippen LogP contribution in [0.3, 0.4) is 0 Å². The van der Waals surface area contributed by atoms with Crippen molar-refractivity contribution in [2.24, 2.45) is 0 Å². The van der Waals surface area contributed by atoms with Crippen LogP contribution in [0.25, 0.3) is 0 Å². The van der Waals surface area contributed by atoms with Gasteiger partial charge in [-0.05, 0) is 31.2 Å². The molecule has 0 atom stereocenters. The van der Waals surface area contributed by atoms with Crippen molar-refractivity contribution in [1.82, 2.24) is 0 Å². The maximum absolute atomic E-state index is 12.4. The first kappa shape index (κ1) is 9.62. The van der Waals surface area contributed by atoms with Gasteiger partial charge < -0.3 is 5.32 Å². The lowest BCUT2D eigenvalue weighted by Gasteiger charge is -2.16. The number of nitrogens with one attached hydrogen (secondary N) is 1. The fourth-order valence-corrected chi connectivity index (χ4v) is 1.00. The second kappa shape index (κ2) is 3.50. The molecule has 66 valence electrons. The van der Waals surface area contributed by atoms with Crippen molar-refractivity contribution in [1.29, 1.82) is 0 Å². The van der Waals surface area contributed by atoms with Gasteiger partial charge in [0.15, 0.2) is 4.46 Å². The van der Waals surface area contributed by atoms with E-state index < -0.39 is 4.46 Å². The highest BCUT2D eigenvalue weighted by molar-refractivity contribution is 6.49. The summed E-state index contributed by atoms with van der Waals surface area (Å²) >= 11 is 11.3. The van der Waals surface area contributed by atoms with Gasteiger partial charge in [-0.2, -0.15) is 0 Å². The zero-order valence-electron chi connectivity index (χ0n) is 6.44. The van der Waals surface area contributed by atoms with Gasteiger partial charge in [-0.25, -0.2) is 4.39 Å². The third-order valence-electron chi connectivity index (χ3n) is 1.21. The van der Waals surface area contributed by atoms with Gasteiger partial charge in [0, 0.05) is 5.69 Å². The van der Waals surface area contributed by atoms with Crippen molar-refractivity contribution in [2.45, 2.75) is 11.4 Å². The Morgan fingerprint density at radius 1 is 1.25 bits per heavy atom. The van der Waals surface area contributed by atoms with Gasteiger partial charge >= 0.3 is 0 Å². The van der Waals surface area contributed by atoms with E-state index in [1.54, 1.807) is 19.1 Å². The summed E-state index contributed by atoms with van der Waals surface area (Å²) in [5.74, 6) is -0.286. The molecule has 0 amide bonds. The van der Waals surface area contributed by atoms with Gasteiger partial charge in [0.1, 0.15) is 5.82 Å². The summed E-state index contributed by atoms with van der Waals surface area (Å²) < 4.78 is 11.4. The molecule has 0 aliphatic heterocycles. The molecule has 0 aromatic heterocycles. The van der Waals surface area contributed by atoms with Crippen molar-refractivity contribution < 1.29 is 4.39 Å². The Hall–Kier alpha value is -0.470. The lowest BCUT2D eigenvalue weighted by atomic mass is 10.3. The number of halogens is 3. The first-order valence-electron chi connectivity index (χ1n) is 3.39. The number of rotatable bonds is 2. The quantitative estimate of drug-likeness (QED) is 0.580. The van der Waals surface area contributed by atoms with E-state index in [1.807, 2.05) is 0 Å². The number of hydrogen-bond acceptors (Lipinski definition) is 1. The third-order valence-corrected chi connectivity index (χ3v) is 1.40. The monoisotopic (exact) mass is 207 g/mol. The van der Waals surface area contributed by atoms with Crippen LogP contribution in [0.1, 0.15) is 6.92 Å². The molecule has 0 aliphatic rings. The van der Waals surface area contributed by atoms with Gasteiger partial charge in [-0.1, -0.05) is 23.2 Å². The molecule has 0 bridgehead atoms. The summed E-state index contributed by atoms with van der Waals surface area (Å²) in [7, 11) is 0. The van der Waals surface area contributed by atoms with Crippen LogP contribution >= 0.6 is 23.2 Å². The number of hydrogen-bond donors (Lipinski definition) is 1. The van der Waals surface area contributed by atoms with Gasteiger partial charge in [-0.3, -0.25) is 0 Å². The van der Waals surface area contributed by atoms with Gasteiger partial charge in [0.05, 0.1) is 0 Å². The minimum atomic E-state index is -1.03. The highest BCUT2D eigenvalue weighted by Gasteiger charge is 2.14. The van der Waals surface area contributed by atoms with E-state index in [0.29, 0.717) is 5.69 Å². The molecular formula is C8H8Cl2FN. The Bertz CT molecular complexity index is 253. The summed E-state index contributed by atoms with van der Waals surface area (Å²) in [6, 6.07) is 5.81. The van der Waals surface area contributed by atoms with Crippen LogP contribution in [0.5, 0.6) is 0 Å². The second-order valence-electron chi connectivity index (χ2n) is 2.52. The first-order chi connectivity index (χ1) is 5.47. The maximum Gasteiger partial charge on any atom is 0.185 e. The fourth-order valence-electron chi connectivity index (χ4n) is 0.787. The van der Waals surface area contributed by atoms with Gasteiger partial charge in [0.2, 0.25) is 0 Å². The Kier molecular flexibility index (Phi) is 2.80. The van der Waals surface area contributed by atoms with Gasteiger partial charge in [0.25, 0.3) is 0 Å².